The number of hydrogen-bond donors (Lipinski definition) is 2. The second-order valence-electron chi connectivity index (χ2n) is 3.62. The molecule has 3 N–H and O–H groups in total. The van der Waals surface area contributed by atoms with Gasteiger partial charge in [-0.15, -0.1) is 5.10 Å². The molecule has 4 nitrogen and oxygen atoms in total. The first-order valence-corrected chi connectivity index (χ1v) is 6.01. The van der Waals surface area contributed by atoms with Gasteiger partial charge in [0.2, 0.25) is 5.16 Å². The van der Waals surface area contributed by atoms with E-state index in [1.165, 1.54) is 5.56 Å². The third-order valence-corrected chi connectivity index (χ3v) is 3.32. The van der Waals surface area contributed by atoms with E-state index in [2.05, 4.69) is 21.2 Å². The van der Waals surface area contributed by atoms with Gasteiger partial charge in [-0.3, -0.25) is 5.10 Å². The van der Waals surface area contributed by atoms with Crippen LogP contribution in [0.1, 0.15) is 17.0 Å². The molecule has 5 heteroatoms. The average Bonchev–Trinajstić information content (AvgIpc) is 2.67. The van der Waals surface area contributed by atoms with Crippen molar-refractivity contribution in [1.82, 2.24) is 15.2 Å². The number of rotatable bonds is 3. The minimum Gasteiger partial charge on any atom is -0.399 e. The fraction of sp³-hybridized carbons (Fsp3) is 0.273. The van der Waals surface area contributed by atoms with E-state index >= 15 is 0 Å². The van der Waals surface area contributed by atoms with Gasteiger partial charge in [0.05, 0.1) is 0 Å². The maximum atomic E-state index is 5.85. The Hall–Kier alpha value is -1.49. The molecule has 0 fully saturated rings. The summed E-state index contributed by atoms with van der Waals surface area (Å²) in [6.45, 7) is 3.93. The molecule has 0 atom stereocenters. The van der Waals surface area contributed by atoms with Crippen molar-refractivity contribution in [3.05, 3.63) is 35.2 Å². The number of nitrogens with two attached hydrogens (primary N) is 1. The van der Waals surface area contributed by atoms with E-state index in [1.54, 1.807) is 11.8 Å². The summed E-state index contributed by atoms with van der Waals surface area (Å²) in [5.74, 6) is 1.68. The van der Waals surface area contributed by atoms with Gasteiger partial charge in [0.1, 0.15) is 5.82 Å². The standard InChI is InChI=1S/C11H14N4S/c1-7-9(4-3-5-10(7)12)6-16-11-13-8(2)14-15-11/h3-5H,6,12H2,1-2H3,(H,13,14,15). The Morgan fingerprint density at radius 1 is 1.38 bits per heavy atom. The summed E-state index contributed by atoms with van der Waals surface area (Å²) < 4.78 is 0. The van der Waals surface area contributed by atoms with Crippen molar-refractivity contribution < 1.29 is 0 Å². The molecule has 1 heterocycles. The lowest BCUT2D eigenvalue weighted by molar-refractivity contribution is 0.969. The van der Waals surface area contributed by atoms with Crippen LogP contribution in [0.2, 0.25) is 0 Å². The van der Waals surface area contributed by atoms with Crippen molar-refractivity contribution in [3.8, 4) is 0 Å². The molecular weight excluding hydrogens is 220 g/mol. The average molecular weight is 234 g/mol. The summed E-state index contributed by atoms with van der Waals surface area (Å²) in [5.41, 5.74) is 9.05. The predicted molar refractivity (Wildman–Crippen MR) is 66.3 cm³/mol. The van der Waals surface area contributed by atoms with E-state index in [4.69, 9.17) is 5.73 Å². The number of aryl methyl sites for hydroxylation is 1. The maximum Gasteiger partial charge on any atom is 0.208 e. The van der Waals surface area contributed by atoms with Crippen molar-refractivity contribution in [3.63, 3.8) is 0 Å². The highest BCUT2D eigenvalue weighted by Crippen LogP contribution is 2.23. The summed E-state index contributed by atoms with van der Waals surface area (Å²) >= 11 is 1.61. The molecule has 2 rings (SSSR count). The number of nitrogen functional groups attached to an aromatic ring is 1. The van der Waals surface area contributed by atoms with Crippen LogP contribution in [-0.4, -0.2) is 15.2 Å². The first kappa shape index (κ1) is 11.0. The van der Waals surface area contributed by atoms with E-state index in [9.17, 15) is 0 Å². The lowest BCUT2D eigenvalue weighted by Crippen LogP contribution is -1.94. The lowest BCUT2D eigenvalue weighted by Gasteiger charge is -2.06. The summed E-state index contributed by atoms with van der Waals surface area (Å²) in [6, 6.07) is 5.97. The first-order chi connectivity index (χ1) is 7.66. The maximum absolute atomic E-state index is 5.85. The fourth-order valence-corrected chi connectivity index (χ4v) is 2.30. The molecule has 0 saturated carbocycles. The Morgan fingerprint density at radius 2 is 2.19 bits per heavy atom. The highest BCUT2D eigenvalue weighted by molar-refractivity contribution is 7.98. The van der Waals surface area contributed by atoms with Crippen molar-refractivity contribution >= 4 is 17.4 Å². The Labute approximate surface area is 98.7 Å². The largest absolute Gasteiger partial charge is 0.399 e. The molecule has 0 aliphatic rings. The smallest absolute Gasteiger partial charge is 0.208 e. The second kappa shape index (κ2) is 4.57. The number of nitrogens with zero attached hydrogens (tertiary/aromatic N) is 2. The van der Waals surface area contributed by atoms with Crippen LogP contribution in [0.15, 0.2) is 23.4 Å². The highest BCUT2D eigenvalue weighted by atomic mass is 32.2. The van der Waals surface area contributed by atoms with E-state index < -0.39 is 0 Å². The Morgan fingerprint density at radius 3 is 2.88 bits per heavy atom. The molecule has 0 unspecified atom stereocenters. The molecule has 84 valence electrons. The van der Waals surface area contributed by atoms with E-state index in [0.29, 0.717) is 0 Å². The van der Waals surface area contributed by atoms with Gasteiger partial charge in [-0.1, -0.05) is 23.9 Å². The second-order valence-corrected chi connectivity index (χ2v) is 4.57. The third-order valence-electron chi connectivity index (χ3n) is 2.42. The van der Waals surface area contributed by atoms with Crippen molar-refractivity contribution in [2.45, 2.75) is 24.8 Å². The van der Waals surface area contributed by atoms with Crippen LogP contribution in [-0.2, 0) is 5.75 Å². The number of thioether (sulfide) groups is 1. The van der Waals surface area contributed by atoms with Gasteiger partial charge in [0, 0.05) is 11.4 Å². The minimum atomic E-state index is 0.777. The molecule has 1 aromatic carbocycles. The predicted octanol–water partition coefficient (Wildman–Crippen LogP) is 2.30. The number of aromatic nitrogens is 3. The summed E-state index contributed by atoms with van der Waals surface area (Å²) in [7, 11) is 0. The molecule has 0 amide bonds. The van der Waals surface area contributed by atoms with E-state index in [-0.39, 0.29) is 0 Å². The van der Waals surface area contributed by atoms with E-state index in [1.807, 2.05) is 26.0 Å². The fourth-order valence-electron chi connectivity index (χ4n) is 1.39. The topological polar surface area (TPSA) is 67.6 Å². The number of benzene rings is 1. The van der Waals surface area contributed by atoms with Crippen LogP contribution >= 0.6 is 11.8 Å². The zero-order valence-corrected chi connectivity index (χ0v) is 10.1. The van der Waals surface area contributed by atoms with Gasteiger partial charge in [0.25, 0.3) is 0 Å². The van der Waals surface area contributed by atoms with Gasteiger partial charge in [-0.2, -0.15) is 0 Å². The van der Waals surface area contributed by atoms with Crippen LogP contribution < -0.4 is 5.73 Å². The quantitative estimate of drug-likeness (QED) is 0.631. The first-order valence-electron chi connectivity index (χ1n) is 5.02. The Kier molecular flexibility index (Phi) is 3.14. The molecule has 0 saturated heterocycles. The third kappa shape index (κ3) is 2.36. The van der Waals surface area contributed by atoms with Gasteiger partial charge in [-0.05, 0) is 31.0 Å². The zero-order valence-electron chi connectivity index (χ0n) is 9.32. The molecule has 2 aromatic rings. The number of anilines is 1. The summed E-state index contributed by atoms with van der Waals surface area (Å²) in [5, 5.41) is 7.68. The Bertz CT molecular complexity index is 492. The number of hydrogen-bond acceptors (Lipinski definition) is 4. The van der Waals surface area contributed by atoms with Gasteiger partial charge >= 0.3 is 0 Å². The highest BCUT2D eigenvalue weighted by Gasteiger charge is 2.04. The molecule has 0 aliphatic heterocycles. The van der Waals surface area contributed by atoms with Crippen LogP contribution in [0.3, 0.4) is 0 Å². The van der Waals surface area contributed by atoms with Gasteiger partial charge < -0.3 is 5.73 Å². The summed E-state index contributed by atoms with van der Waals surface area (Å²) in [6.07, 6.45) is 0. The molecule has 0 radical (unpaired) electrons. The number of aromatic amines is 1. The van der Waals surface area contributed by atoms with E-state index in [0.717, 1.165) is 28.0 Å². The lowest BCUT2D eigenvalue weighted by atomic mass is 10.1. The molecular formula is C11H14N4S. The minimum absolute atomic E-state index is 0.777. The number of H-pyrrole nitrogens is 1. The molecule has 16 heavy (non-hydrogen) atoms. The van der Waals surface area contributed by atoms with Crippen LogP contribution in [0.5, 0.6) is 0 Å². The molecule has 0 bridgehead atoms. The SMILES string of the molecule is Cc1nc(SCc2cccc(N)c2C)n[nH]1. The van der Waals surface area contributed by atoms with Crippen LogP contribution in [0.25, 0.3) is 0 Å². The van der Waals surface area contributed by atoms with Crippen molar-refractivity contribution in [2.75, 3.05) is 5.73 Å². The van der Waals surface area contributed by atoms with Gasteiger partial charge in [-0.25, -0.2) is 4.98 Å². The van der Waals surface area contributed by atoms with Crippen molar-refractivity contribution in [2.24, 2.45) is 0 Å². The Balaban J connectivity index is 2.07. The summed E-state index contributed by atoms with van der Waals surface area (Å²) in [4.78, 5) is 4.24. The molecule has 1 aromatic heterocycles. The van der Waals surface area contributed by atoms with Gasteiger partial charge in [0.15, 0.2) is 0 Å². The normalized spacial score (nSPS) is 10.6. The van der Waals surface area contributed by atoms with Crippen LogP contribution in [0, 0.1) is 13.8 Å². The zero-order chi connectivity index (χ0) is 11.5. The molecule has 0 aliphatic carbocycles. The molecule has 0 spiro atoms. The van der Waals surface area contributed by atoms with Crippen LogP contribution in [0.4, 0.5) is 5.69 Å². The monoisotopic (exact) mass is 234 g/mol. The van der Waals surface area contributed by atoms with Crippen molar-refractivity contribution in [1.29, 1.82) is 0 Å². The number of nitrogens with one attached hydrogen (secondary N) is 1.